The van der Waals surface area contributed by atoms with Gasteiger partial charge in [-0.25, -0.2) is 0 Å². The highest BCUT2D eigenvalue weighted by Crippen LogP contribution is 2.12. The fourth-order valence-electron chi connectivity index (χ4n) is 2.17. The molecule has 2 N–H and O–H groups in total. The van der Waals surface area contributed by atoms with Crippen LogP contribution in [0.5, 0.6) is 0 Å². The first-order valence-corrected chi connectivity index (χ1v) is 5.90. The van der Waals surface area contributed by atoms with Crippen molar-refractivity contribution in [3.63, 3.8) is 0 Å². The van der Waals surface area contributed by atoms with E-state index in [2.05, 4.69) is 17.3 Å². The zero-order valence-electron chi connectivity index (χ0n) is 9.76. The quantitative estimate of drug-likeness (QED) is 0.795. The third-order valence-corrected chi connectivity index (χ3v) is 3.18. The minimum absolute atomic E-state index is 0.396. The average molecular weight is 220 g/mol. The fourth-order valence-corrected chi connectivity index (χ4v) is 2.17. The number of rotatable bonds is 4. The molecule has 0 amide bonds. The minimum Gasteiger partial charge on any atom is -0.387 e. The first-order valence-electron chi connectivity index (χ1n) is 5.90. The average Bonchev–Trinajstić information content (AvgIpc) is 2.73. The van der Waals surface area contributed by atoms with Gasteiger partial charge in [0.2, 0.25) is 0 Å². The Bertz CT molecular complexity index is 315. The summed E-state index contributed by atoms with van der Waals surface area (Å²) in [5.74, 6) is 0. The van der Waals surface area contributed by atoms with Gasteiger partial charge in [-0.15, -0.1) is 0 Å². The standard InChI is InChI=1S/C13H20N2O/c1-15-8-7-12(10-15)14-9-13(16)11-5-3-2-4-6-11/h2-6,12-14,16H,7-10H2,1H3/t12?,13-/m0/s1. The van der Waals surface area contributed by atoms with Crippen LogP contribution in [0.25, 0.3) is 0 Å². The van der Waals surface area contributed by atoms with E-state index in [-0.39, 0.29) is 0 Å². The number of aliphatic hydroxyl groups excluding tert-OH is 1. The molecule has 0 aliphatic carbocycles. The van der Waals surface area contributed by atoms with Gasteiger partial charge in [0.15, 0.2) is 0 Å². The molecule has 1 saturated heterocycles. The van der Waals surface area contributed by atoms with Gasteiger partial charge in [0.25, 0.3) is 0 Å². The Balaban J connectivity index is 1.78. The normalized spacial score (nSPS) is 23.5. The van der Waals surface area contributed by atoms with E-state index in [1.807, 2.05) is 30.3 Å². The summed E-state index contributed by atoms with van der Waals surface area (Å²) >= 11 is 0. The van der Waals surface area contributed by atoms with Crippen LogP contribution in [0.1, 0.15) is 18.1 Å². The molecule has 1 aliphatic heterocycles. The van der Waals surface area contributed by atoms with Crippen molar-refractivity contribution in [2.45, 2.75) is 18.6 Å². The molecule has 1 fully saturated rings. The second-order valence-corrected chi connectivity index (χ2v) is 4.58. The Kier molecular flexibility index (Phi) is 3.93. The summed E-state index contributed by atoms with van der Waals surface area (Å²) in [7, 11) is 2.13. The number of likely N-dealkylation sites (N-methyl/N-ethyl adjacent to an activating group) is 1. The van der Waals surface area contributed by atoms with Gasteiger partial charge in [-0.05, 0) is 25.6 Å². The van der Waals surface area contributed by atoms with Crippen LogP contribution in [0.4, 0.5) is 0 Å². The van der Waals surface area contributed by atoms with Gasteiger partial charge in [0.1, 0.15) is 0 Å². The molecule has 0 bridgehead atoms. The van der Waals surface area contributed by atoms with Gasteiger partial charge in [-0.1, -0.05) is 30.3 Å². The first kappa shape index (κ1) is 11.6. The van der Waals surface area contributed by atoms with Crippen molar-refractivity contribution in [2.75, 3.05) is 26.7 Å². The van der Waals surface area contributed by atoms with Crippen LogP contribution in [0, 0.1) is 0 Å². The largest absolute Gasteiger partial charge is 0.387 e. The molecule has 2 rings (SSSR count). The third-order valence-electron chi connectivity index (χ3n) is 3.18. The lowest BCUT2D eigenvalue weighted by molar-refractivity contribution is 0.170. The molecule has 0 spiro atoms. The first-order chi connectivity index (χ1) is 7.75. The van der Waals surface area contributed by atoms with Gasteiger partial charge in [0, 0.05) is 19.1 Å². The molecule has 3 heteroatoms. The van der Waals surface area contributed by atoms with Crippen LogP contribution in [0.15, 0.2) is 30.3 Å². The lowest BCUT2D eigenvalue weighted by atomic mass is 10.1. The summed E-state index contributed by atoms with van der Waals surface area (Å²) < 4.78 is 0. The second-order valence-electron chi connectivity index (χ2n) is 4.58. The zero-order valence-corrected chi connectivity index (χ0v) is 9.76. The Morgan fingerprint density at radius 1 is 1.44 bits per heavy atom. The maximum absolute atomic E-state index is 9.97. The SMILES string of the molecule is CN1CCC(NC[C@H](O)c2ccccc2)C1. The molecular weight excluding hydrogens is 200 g/mol. The number of aliphatic hydroxyl groups is 1. The molecule has 1 heterocycles. The van der Waals surface area contributed by atoms with E-state index in [9.17, 15) is 5.11 Å². The summed E-state index contributed by atoms with van der Waals surface area (Å²) in [6.07, 6.45) is 0.782. The molecule has 3 nitrogen and oxygen atoms in total. The maximum Gasteiger partial charge on any atom is 0.0914 e. The molecule has 16 heavy (non-hydrogen) atoms. The second kappa shape index (κ2) is 5.43. The number of hydrogen-bond acceptors (Lipinski definition) is 3. The van der Waals surface area contributed by atoms with Crippen molar-refractivity contribution in [3.8, 4) is 0 Å². The van der Waals surface area contributed by atoms with Gasteiger partial charge in [-0.3, -0.25) is 0 Å². The van der Waals surface area contributed by atoms with Crippen molar-refractivity contribution in [2.24, 2.45) is 0 Å². The van der Waals surface area contributed by atoms with Gasteiger partial charge in [-0.2, -0.15) is 0 Å². The minimum atomic E-state index is -0.396. The van der Waals surface area contributed by atoms with E-state index in [1.165, 1.54) is 6.42 Å². The summed E-state index contributed by atoms with van der Waals surface area (Å²) in [5.41, 5.74) is 0.987. The van der Waals surface area contributed by atoms with Crippen LogP contribution < -0.4 is 5.32 Å². The smallest absolute Gasteiger partial charge is 0.0914 e. The van der Waals surface area contributed by atoms with Crippen LogP contribution in [-0.4, -0.2) is 42.7 Å². The van der Waals surface area contributed by atoms with E-state index >= 15 is 0 Å². The van der Waals surface area contributed by atoms with Crippen molar-refractivity contribution >= 4 is 0 Å². The van der Waals surface area contributed by atoms with E-state index in [1.54, 1.807) is 0 Å². The van der Waals surface area contributed by atoms with Crippen molar-refractivity contribution < 1.29 is 5.11 Å². The lowest BCUT2D eigenvalue weighted by Gasteiger charge is -2.16. The summed E-state index contributed by atoms with van der Waals surface area (Å²) in [5, 5.41) is 13.4. The number of benzene rings is 1. The predicted molar refractivity (Wildman–Crippen MR) is 65.3 cm³/mol. The molecule has 1 aromatic carbocycles. The van der Waals surface area contributed by atoms with Crippen molar-refractivity contribution in [1.82, 2.24) is 10.2 Å². The zero-order chi connectivity index (χ0) is 11.4. The molecule has 1 unspecified atom stereocenters. The van der Waals surface area contributed by atoms with Crippen molar-refractivity contribution in [3.05, 3.63) is 35.9 Å². The Labute approximate surface area is 97.1 Å². The van der Waals surface area contributed by atoms with Gasteiger partial charge >= 0.3 is 0 Å². The summed E-state index contributed by atoms with van der Waals surface area (Å²) in [6, 6.07) is 10.3. The van der Waals surface area contributed by atoms with Crippen LogP contribution in [0.3, 0.4) is 0 Å². The lowest BCUT2D eigenvalue weighted by Crippen LogP contribution is -2.34. The maximum atomic E-state index is 9.97. The predicted octanol–water partition coefficient (Wildman–Crippen LogP) is 1.01. The molecule has 1 aliphatic rings. The molecule has 2 atom stereocenters. The molecule has 0 aromatic heterocycles. The molecule has 1 aromatic rings. The van der Waals surface area contributed by atoms with E-state index in [0.717, 1.165) is 18.7 Å². The summed E-state index contributed by atoms with van der Waals surface area (Å²) in [4.78, 5) is 2.31. The molecule has 88 valence electrons. The van der Waals surface area contributed by atoms with Crippen molar-refractivity contribution in [1.29, 1.82) is 0 Å². The number of nitrogens with one attached hydrogen (secondary N) is 1. The number of nitrogens with zero attached hydrogens (tertiary/aromatic N) is 1. The van der Waals surface area contributed by atoms with E-state index in [4.69, 9.17) is 0 Å². The number of hydrogen-bond donors (Lipinski definition) is 2. The number of likely N-dealkylation sites (tertiary alicyclic amines) is 1. The van der Waals surface area contributed by atoms with Gasteiger partial charge in [0.05, 0.1) is 6.10 Å². The van der Waals surface area contributed by atoms with Gasteiger partial charge < -0.3 is 15.3 Å². The van der Waals surface area contributed by atoms with E-state index in [0.29, 0.717) is 12.6 Å². The Morgan fingerprint density at radius 2 is 2.19 bits per heavy atom. The Morgan fingerprint density at radius 3 is 2.81 bits per heavy atom. The van der Waals surface area contributed by atoms with E-state index < -0.39 is 6.10 Å². The topological polar surface area (TPSA) is 35.5 Å². The molecule has 0 radical (unpaired) electrons. The van der Waals surface area contributed by atoms with Crippen LogP contribution >= 0.6 is 0 Å². The highest BCUT2D eigenvalue weighted by atomic mass is 16.3. The highest BCUT2D eigenvalue weighted by molar-refractivity contribution is 5.17. The fraction of sp³-hybridized carbons (Fsp3) is 0.538. The third kappa shape index (κ3) is 3.04. The van der Waals surface area contributed by atoms with Crippen LogP contribution in [0.2, 0.25) is 0 Å². The summed E-state index contributed by atoms with van der Waals surface area (Å²) in [6.45, 7) is 2.88. The molecule has 0 saturated carbocycles. The van der Waals surface area contributed by atoms with Crippen LogP contribution in [-0.2, 0) is 0 Å². The Hall–Kier alpha value is -0.900. The monoisotopic (exact) mass is 220 g/mol. The highest BCUT2D eigenvalue weighted by Gasteiger charge is 2.19. The molecular formula is C13H20N2O.